The van der Waals surface area contributed by atoms with Crippen LogP contribution in [0.5, 0.6) is 5.75 Å². The third kappa shape index (κ3) is 2.13. The molecule has 1 aromatic heterocycles. The minimum atomic E-state index is -0.217. The van der Waals surface area contributed by atoms with Gasteiger partial charge in [0, 0.05) is 18.8 Å². The summed E-state index contributed by atoms with van der Waals surface area (Å²) in [5.74, 6) is -0.284. The van der Waals surface area contributed by atoms with Crippen molar-refractivity contribution in [3.63, 3.8) is 0 Å². The number of hydrogen-bond donors (Lipinski definition) is 1. The van der Waals surface area contributed by atoms with Gasteiger partial charge < -0.3 is 10.0 Å². The van der Waals surface area contributed by atoms with Crippen LogP contribution in [-0.2, 0) is 13.0 Å². The summed E-state index contributed by atoms with van der Waals surface area (Å²) in [7, 11) is 0. The lowest BCUT2D eigenvalue weighted by atomic mass is 9.94. The van der Waals surface area contributed by atoms with Crippen LogP contribution in [0.15, 0.2) is 42.6 Å². The third-order valence-electron chi connectivity index (χ3n) is 3.76. The molecule has 0 saturated heterocycles. The van der Waals surface area contributed by atoms with Crippen LogP contribution >= 0.6 is 0 Å². The fourth-order valence-electron chi connectivity index (χ4n) is 2.65. The van der Waals surface area contributed by atoms with Crippen molar-refractivity contribution in [1.82, 2.24) is 9.88 Å². The van der Waals surface area contributed by atoms with Crippen molar-refractivity contribution >= 4 is 5.91 Å². The number of fused-ring (bicyclic) bond motifs is 1. The Morgan fingerprint density at radius 3 is 2.75 bits per heavy atom. The van der Waals surface area contributed by atoms with E-state index in [0.29, 0.717) is 6.54 Å². The molecule has 2 heterocycles. The fourth-order valence-corrected chi connectivity index (χ4v) is 2.65. The number of hydrogen-bond acceptors (Lipinski definition) is 3. The zero-order chi connectivity index (χ0) is 14.1. The van der Waals surface area contributed by atoms with E-state index < -0.39 is 0 Å². The summed E-state index contributed by atoms with van der Waals surface area (Å²) in [5.41, 5.74) is 2.57. The van der Waals surface area contributed by atoms with Gasteiger partial charge in [-0.25, -0.2) is 4.98 Å². The molecule has 1 unspecified atom stereocenters. The van der Waals surface area contributed by atoms with Crippen molar-refractivity contribution < 1.29 is 9.90 Å². The van der Waals surface area contributed by atoms with Crippen LogP contribution in [0, 0.1) is 0 Å². The number of benzene rings is 1. The maximum atomic E-state index is 12.5. The molecule has 1 atom stereocenters. The summed E-state index contributed by atoms with van der Waals surface area (Å²) in [5, 5.41) is 9.78. The number of carbonyl (C=O) groups excluding carboxylic acids is 1. The Balaban J connectivity index is 1.92. The first-order valence-corrected chi connectivity index (χ1v) is 6.68. The van der Waals surface area contributed by atoms with E-state index in [9.17, 15) is 9.90 Å². The van der Waals surface area contributed by atoms with Crippen molar-refractivity contribution in [2.45, 2.75) is 25.9 Å². The summed E-state index contributed by atoms with van der Waals surface area (Å²) in [6, 6.07) is 11.3. The van der Waals surface area contributed by atoms with Crippen molar-refractivity contribution in [3.05, 3.63) is 59.4 Å². The maximum Gasteiger partial charge on any atom is 0.276 e. The Labute approximate surface area is 117 Å². The van der Waals surface area contributed by atoms with Gasteiger partial charge in [0.25, 0.3) is 5.91 Å². The topological polar surface area (TPSA) is 53.4 Å². The van der Waals surface area contributed by atoms with Crippen molar-refractivity contribution in [1.29, 1.82) is 0 Å². The quantitative estimate of drug-likeness (QED) is 0.864. The average Bonchev–Trinajstić information content (AvgIpc) is 2.46. The first-order chi connectivity index (χ1) is 9.66. The second kappa shape index (κ2) is 4.96. The predicted octanol–water partition coefficient (Wildman–Crippen LogP) is 2.37. The van der Waals surface area contributed by atoms with E-state index in [1.165, 1.54) is 17.8 Å². The standard InChI is InChI=1S/C16H16N2O2/c1-11-9-12-5-2-3-6-13(12)10-18(11)16(20)15-14(19)7-4-8-17-15/h2-8,11,19H,9-10H2,1H3. The summed E-state index contributed by atoms with van der Waals surface area (Å²) >= 11 is 0. The Morgan fingerprint density at radius 2 is 2.00 bits per heavy atom. The minimum Gasteiger partial charge on any atom is -0.505 e. The van der Waals surface area contributed by atoms with Crippen LogP contribution in [0.2, 0.25) is 0 Å². The van der Waals surface area contributed by atoms with Gasteiger partial charge >= 0.3 is 0 Å². The lowest BCUT2D eigenvalue weighted by molar-refractivity contribution is 0.0648. The summed E-state index contributed by atoms with van der Waals surface area (Å²) in [6.07, 6.45) is 2.35. The highest BCUT2D eigenvalue weighted by molar-refractivity contribution is 5.95. The molecule has 0 spiro atoms. The molecule has 102 valence electrons. The van der Waals surface area contributed by atoms with Gasteiger partial charge in [0.1, 0.15) is 5.75 Å². The molecule has 1 aliphatic rings. The van der Waals surface area contributed by atoms with E-state index in [1.807, 2.05) is 25.1 Å². The lowest BCUT2D eigenvalue weighted by Crippen LogP contribution is -2.42. The molecular formula is C16H16N2O2. The van der Waals surface area contributed by atoms with Crippen molar-refractivity contribution in [3.8, 4) is 5.75 Å². The predicted molar refractivity (Wildman–Crippen MR) is 75.4 cm³/mol. The monoisotopic (exact) mass is 268 g/mol. The van der Waals surface area contributed by atoms with Crippen molar-refractivity contribution in [2.75, 3.05) is 0 Å². The van der Waals surface area contributed by atoms with Crippen LogP contribution in [0.25, 0.3) is 0 Å². The second-order valence-electron chi connectivity index (χ2n) is 5.13. The molecular weight excluding hydrogens is 252 g/mol. The molecule has 4 heteroatoms. The van der Waals surface area contributed by atoms with E-state index in [4.69, 9.17) is 0 Å². The normalized spacial score (nSPS) is 17.6. The van der Waals surface area contributed by atoms with Gasteiger partial charge in [-0.1, -0.05) is 24.3 Å². The number of aromatic hydroxyl groups is 1. The van der Waals surface area contributed by atoms with Gasteiger partial charge in [-0.15, -0.1) is 0 Å². The van der Waals surface area contributed by atoms with Gasteiger partial charge in [0.15, 0.2) is 5.69 Å². The number of aromatic nitrogens is 1. The highest BCUT2D eigenvalue weighted by Crippen LogP contribution is 2.26. The van der Waals surface area contributed by atoms with Crippen molar-refractivity contribution in [2.24, 2.45) is 0 Å². The Bertz CT molecular complexity index is 654. The molecule has 1 amide bonds. The van der Waals surface area contributed by atoms with Gasteiger partial charge in [-0.05, 0) is 36.6 Å². The molecule has 4 nitrogen and oxygen atoms in total. The second-order valence-corrected chi connectivity index (χ2v) is 5.13. The number of rotatable bonds is 1. The number of carbonyl (C=O) groups is 1. The van der Waals surface area contributed by atoms with Crippen LogP contribution in [-0.4, -0.2) is 26.9 Å². The van der Waals surface area contributed by atoms with Crippen LogP contribution in [0.4, 0.5) is 0 Å². The first-order valence-electron chi connectivity index (χ1n) is 6.68. The summed E-state index contributed by atoms with van der Waals surface area (Å²) in [6.45, 7) is 2.58. The maximum absolute atomic E-state index is 12.5. The Morgan fingerprint density at radius 1 is 1.25 bits per heavy atom. The molecule has 0 bridgehead atoms. The molecule has 1 aliphatic heterocycles. The van der Waals surface area contributed by atoms with Gasteiger partial charge in [-0.3, -0.25) is 4.79 Å². The molecule has 20 heavy (non-hydrogen) atoms. The largest absolute Gasteiger partial charge is 0.505 e. The zero-order valence-electron chi connectivity index (χ0n) is 11.3. The van der Waals surface area contributed by atoms with E-state index >= 15 is 0 Å². The molecule has 1 aromatic carbocycles. The van der Waals surface area contributed by atoms with Crippen LogP contribution in [0.3, 0.4) is 0 Å². The Hall–Kier alpha value is -2.36. The first kappa shape index (κ1) is 12.7. The molecule has 3 rings (SSSR count). The highest BCUT2D eigenvalue weighted by Gasteiger charge is 2.29. The molecule has 0 fully saturated rings. The lowest BCUT2D eigenvalue weighted by Gasteiger charge is -2.34. The van der Waals surface area contributed by atoms with E-state index in [1.54, 1.807) is 11.0 Å². The van der Waals surface area contributed by atoms with E-state index in [0.717, 1.165) is 12.0 Å². The number of nitrogens with zero attached hydrogens (tertiary/aromatic N) is 2. The zero-order valence-corrected chi connectivity index (χ0v) is 11.3. The van der Waals surface area contributed by atoms with Gasteiger partial charge in [-0.2, -0.15) is 0 Å². The fraction of sp³-hybridized carbons (Fsp3) is 0.250. The summed E-state index contributed by atoms with van der Waals surface area (Å²) in [4.78, 5) is 18.3. The van der Waals surface area contributed by atoms with Gasteiger partial charge in [0.05, 0.1) is 0 Å². The summed E-state index contributed by atoms with van der Waals surface area (Å²) < 4.78 is 0. The van der Waals surface area contributed by atoms with E-state index in [2.05, 4.69) is 11.1 Å². The minimum absolute atomic E-state index is 0.0661. The van der Waals surface area contributed by atoms with Gasteiger partial charge in [0.2, 0.25) is 0 Å². The number of pyridine rings is 1. The third-order valence-corrected chi connectivity index (χ3v) is 3.76. The number of amides is 1. The SMILES string of the molecule is CC1Cc2ccccc2CN1C(=O)c1ncccc1O. The van der Waals surface area contributed by atoms with Crippen LogP contribution in [0.1, 0.15) is 28.5 Å². The molecule has 2 aromatic rings. The highest BCUT2D eigenvalue weighted by atomic mass is 16.3. The Kier molecular flexibility index (Phi) is 3.14. The molecule has 0 aliphatic carbocycles. The molecule has 0 saturated carbocycles. The molecule has 0 radical (unpaired) electrons. The van der Waals surface area contributed by atoms with E-state index in [-0.39, 0.29) is 23.4 Å². The average molecular weight is 268 g/mol. The molecule has 1 N–H and O–H groups in total. The van der Waals surface area contributed by atoms with Crippen LogP contribution < -0.4 is 0 Å². The smallest absolute Gasteiger partial charge is 0.276 e.